The summed E-state index contributed by atoms with van der Waals surface area (Å²) in [6.07, 6.45) is 6.45. The number of methoxy groups -OCH3 is 2. The Morgan fingerprint density at radius 1 is 0.977 bits per heavy atom. The monoisotopic (exact) mass is 599 g/mol. The van der Waals surface area contributed by atoms with Crippen LogP contribution < -0.4 is 14.8 Å². The molecule has 2 fully saturated rings. The number of likely N-dealkylation sites (tertiary alicyclic amines) is 1. The molecular weight excluding hydrogens is 554 g/mol. The molecule has 0 bridgehead atoms. The van der Waals surface area contributed by atoms with Gasteiger partial charge in [0.2, 0.25) is 5.91 Å². The fraction of sp³-hybridized carbons (Fsp3) is 0.472. The van der Waals surface area contributed by atoms with Crippen LogP contribution in [0.25, 0.3) is 11.3 Å². The van der Waals surface area contributed by atoms with Crippen LogP contribution in [0.3, 0.4) is 0 Å². The van der Waals surface area contributed by atoms with Crippen LogP contribution in [-0.4, -0.2) is 53.2 Å². The summed E-state index contributed by atoms with van der Waals surface area (Å²) < 4.78 is 11.1. The molecule has 3 aromatic rings. The molecular formula is C36H45N3O5. The molecule has 4 atom stereocenters. The summed E-state index contributed by atoms with van der Waals surface area (Å²) in [4.78, 5) is 33.9. The average Bonchev–Trinajstić information content (AvgIpc) is 3.40. The van der Waals surface area contributed by atoms with Crippen LogP contribution in [-0.2, 0) is 16.1 Å². The predicted octanol–water partition coefficient (Wildman–Crippen LogP) is 6.50. The topological polar surface area (TPSA) is 101 Å². The number of amides is 1. The van der Waals surface area contributed by atoms with E-state index in [-0.39, 0.29) is 23.8 Å². The highest BCUT2D eigenvalue weighted by Gasteiger charge is 2.58. The summed E-state index contributed by atoms with van der Waals surface area (Å²) in [6, 6.07) is 17.9. The Hall–Kier alpha value is -3.91. The van der Waals surface area contributed by atoms with Crippen molar-refractivity contribution in [2.45, 2.75) is 77.5 Å². The fourth-order valence-electron chi connectivity index (χ4n) is 7.26. The number of ether oxygens (including phenoxy) is 2. The first-order valence-electron chi connectivity index (χ1n) is 15.6. The van der Waals surface area contributed by atoms with E-state index >= 15 is 0 Å². The van der Waals surface area contributed by atoms with E-state index < -0.39 is 23.5 Å². The summed E-state index contributed by atoms with van der Waals surface area (Å²) in [7, 11) is 3.26. The second-order valence-electron chi connectivity index (χ2n) is 13.1. The van der Waals surface area contributed by atoms with Crippen LogP contribution in [0.4, 0.5) is 0 Å². The second kappa shape index (κ2) is 13.4. The molecule has 1 aliphatic carbocycles. The summed E-state index contributed by atoms with van der Waals surface area (Å²) in [5, 5.41) is 14.5. The number of carbonyl (C=O) groups excluding carboxylic acids is 1. The standard InChI is InChI=1S/C36H45N3O5/c1-36(2,3)30-31(38-21-26-20-28(37-22-29(26)44-5)25-17-12-18-27(19-25)43-4)32(23-13-8-6-9-14-23)39(33(30)35(41)42)34(40)24-15-10-7-11-16-24/h6,8-9,12-14,17-20,22,24,30-33,38H,7,10-11,15-16,21H2,1-5H3,(H,41,42)/t30-,31-,32-,33-/m0/s1. The number of pyridine rings is 1. The fourth-order valence-corrected chi connectivity index (χ4v) is 7.26. The number of aliphatic carboxylic acids is 1. The molecule has 234 valence electrons. The third-order valence-electron chi connectivity index (χ3n) is 9.33. The van der Waals surface area contributed by atoms with Crippen LogP contribution in [0, 0.1) is 17.3 Å². The molecule has 8 heteroatoms. The van der Waals surface area contributed by atoms with Gasteiger partial charge in [-0.15, -0.1) is 0 Å². The van der Waals surface area contributed by atoms with Gasteiger partial charge < -0.3 is 24.8 Å². The number of rotatable bonds is 9. The van der Waals surface area contributed by atoms with Gasteiger partial charge in [-0.25, -0.2) is 4.79 Å². The molecule has 2 N–H and O–H groups in total. The summed E-state index contributed by atoms with van der Waals surface area (Å²) >= 11 is 0. The van der Waals surface area contributed by atoms with Gasteiger partial charge in [0.15, 0.2) is 0 Å². The molecule has 2 aromatic carbocycles. The van der Waals surface area contributed by atoms with Crippen LogP contribution in [0.5, 0.6) is 11.5 Å². The minimum Gasteiger partial charge on any atom is -0.497 e. The lowest BCUT2D eigenvalue weighted by Gasteiger charge is -2.36. The van der Waals surface area contributed by atoms with E-state index in [1.807, 2.05) is 60.7 Å². The number of carboxylic acid groups (broad SMARTS) is 1. The van der Waals surface area contributed by atoms with Crippen molar-refractivity contribution in [1.82, 2.24) is 15.2 Å². The van der Waals surface area contributed by atoms with Crippen LogP contribution in [0.2, 0.25) is 0 Å². The highest BCUT2D eigenvalue weighted by atomic mass is 16.5. The van der Waals surface area contributed by atoms with Crippen LogP contribution in [0.1, 0.15) is 70.0 Å². The summed E-state index contributed by atoms with van der Waals surface area (Å²) in [5.41, 5.74) is 3.11. The number of benzene rings is 2. The minimum absolute atomic E-state index is 0.0358. The van der Waals surface area contributed by atoms with Gasteiger partial charge in [-0.3, -0.25) is 9.78 Å². The van der Waals surface area contributed by atoms with E-state index in [4.69, 9.17) is 9.47 Å². The van der Waals surface area contributed by atoms with Crippen molar-refractivity contribution in [1.29, 1.82) is 0 Å². The molecule has 0 unspecified atom stereocenters. The van der Waals surface area contributed by atoms with Gasteiger partial charge in [0.25, 0.3) is 0 Å². The molecule has 2 aliphatic rings. The van der Waals surface area contributed by atoms with Crippen molar-refractivity contribution in [3.8, 4) is 22.8 Å². The van der Waals surface area contributed by atoms with E-state index in [1.165, 1.54) is 0 Å². The third kappa shape index (κ3) is 6.46. The molecule has 8 nitrogen and oxygen atoms in total. The summed E-state index contributed by atoms with van der Waals surface area (Å²) in [6.45, 7) is 6.63. The van der Waals surface area contributed by atoms with Gasteiger partial charge in [-0.05, 0) is 42.0 Å². The Bertz CT molecular complexity index is 1450. The van der Waals surface area contributed by atoms with Crippen molar-refractivity contribution in [3.05, 3.63) is 78.0 Å². The van der Waals surface area contributed by atoms with Crippen molar-refractivity contribution in [2.75, 3.05) is 14.2 Å². The second-order valence-corrected chi connectivity index (χ2v) is 13.1. The largest absolute Gasteiger partial charge is 0.497 e. The quantitative estimate of drug-likeness (QED) is 0.289. The number of nitrogens with zero attached hydrogens (tertiary/aromatic N) is 2. The number of nitrogens with one attached hydrogen (secondary N) is 1. The highest BCUT2D eigenvalue weighted by Crippen LogP contribution is 2.49. The lowest BCUT2D eigenvalue weighted by atomic mass is 9.72. The predicted molar refractivity (Wildman–Crippen MR) is 170 cm³/mol. The van der Waals surface area contributed by atoms with E-state index in [2.05, 4.69) is 31.1 Å². The average molecular weight is 600 g/mol. The highest BCUT2D eigenvalue weighted by molar-refractivity contribution is 5.87. The van der Waals surface area contributed by atoms with Gasteiger partial charge in [-0.2, -0.15) is 0 Å². The van der Waals surface area contributed by atoms with Gasteiger partial charge in [-0.1, -0.05) is 82.5 Å². The Balaban J connectivity index is 1.56. The summed E-state index contributed by atoms with van der Waals surface area (Å²) in [5.74, 6) is -0.125. The first-order valence-corrected chi connectivity index (χ1v) is 15.6. The Kier molecular flexibility index (Phi) is 9.59. The number of carbonyl (C=O) groups is 2. The van der Waals surface area contributed by atoms with Crippen molar-refractivity contribution in [3.63, 3.8) is 0 Å². The maximum atomic E-state index is 14.3. The molecule has 2 heterocycles. The Morgan fingerprint density at radius 3 is 2.34 bits per heavy atom. The van der Waals surface area contributed by atoms with Crippen molar-refractivity contribution >= 4 is 11.9 Å². The number of hydrogen-bond acceptors (Lipinski definition) is 6. The minimum atomic E-state index is -0.959. The first-order chi connectivity index (χ1) is 21.1. The molecule has 1 aliphatic heterocycles. The maximum absolute atomic E-state index is 14.3. The van der Waals surface area contributed by atoms with Crippen LogP contribution >= 0.6 is 0 Å². The van der Waals surface area contributed by atoms with E-state index in [9.17, 15) is 14.7 Å². The Labute approximate surface area is 260 Å². The van der Waals surface area contributed by atoms with Crippen LogP contribution in [0.15, 0.2) is 66.9 Å². The normalized spacial score (nSPS) is 22.5. The first kappa shape index (κ1) is 31.5. The van der Waals surface area contributed by atoms with E-state index in [0.717, 1.165) is 60.2 Å². The molecule has 1 amide bonds. The SMILES string of the molecule is COc1cccc(-c2cc(CN[C@H]3[C@H](C(C)(C)C)[C@@H](C(=O)O)N(C(=O)C4CCCCC4)[C@H]3c3ccccc3)c(OC)cn2)c1. The van der Waals surface area contributed by atoms with Gasteiger partial charge in [0.05, 0.1) is 32.2 Å². The van der Waals surface area contributed by atoms with Crippen molar-refractivity contribution in [2.24, 2.45) is 17.3 Å². The lowest BCUT2D eigenvalue weighted by molar-refractivity contribution is -0.154. The van der Waals surface area contributed by atoms with E-state index in [0.29, 0.717) is 12.3 Å². The third-order valence-corrected chi connectivity index (χ3v) is 9.33. The number of carboxylic acids is 1. The molecule has 1 saturated heterocycles. The zero-order valence-corrected chi connectivity index (χ0v) is 26.5. The zero-order valence-electron chi connectivity index (χ0n) is 26.5. The van der Waals surface area contributed by atoms with E-state index in [1.54, 1.807) is 25.3 Å². The molecule has 1 saturated carbocycles. The van der Waals surface area contributed by atoms with Gasteiger partial charge in [0.1, 0.15) is 17.5 Å². The number of hydrogen-bond donors (Lipinski definition) is 2. The van der Waals surface area contributed by atoms with Crippen molar-refractivity contribution < 1.29 is 24.2 Å². The molecule has 0 radical (unpaired) electrons. The van der Waals surface area contributed by atoms with Gasteiger partial charge >= 0.3 is 5.97 Å². The maximum Gasteiger partial charge on any atom is 0.326 e. The zero-order chi connectivity index (χ0) is 31.4. The molecule has 1 aromatic heterocycles. The molecule has 5 rings (SSSR count). The smallest absolute Gasteiger partial charge is 0.326 e. The lowest BCUT2D eigenvalue weighted by Crippen LogP contribution is -2.49. The molecule has 44 heavy (non-hydrogen) atoms. The van der Waals surface area contributed by atoms with Gasteiger partial charge in [0, 0.05) is 35.5 Å². The number of aromatic nitrogens is 1. The molecule has 0 spiro atoms. The Morgan fingerprint density at radius 2 is 1.70 bits per heavy atom.